The molecule has 0 saturated heterocycles. The van der Waals surface area contributed by atoms with Crippen LogP contribution in [-0.2, 0) is 0 Å². The first-order chi connectivity index (χ1) is 8.82. The summed E-state index contributed by atoms with van der Waals surface area (Å²) >= 11 is 0. The van der Waals surface area contributed by atoms with Gasteiger partial charge in [0.1, 0.15) is 5.82 Å². The van der Waals surface area contributed by atoms with Gasteiger partial charge in [0, 0.05) is 11.6 Å². The highest BCUT2D eigenvalue weighted by atomic mass is 19.1. The van der Waals surface area contributed by atoms with E-state index in [0.717, 1.165) is 18.5 Å². The molecular formula is C17H26FN. The van der Waals surface area contributed by atoms with E-state index in [-0.39, 0.29) is 11.9 Å². The van der Waals surface area contributed by atoms with Crippen LogP contribution >= 0.6 is 0 Å². The average molecular weight is 263 g/mol. The minimum absolute atomic E-state index is 0.101. The molecule has 2 heteroatoms. The molecule has 0 heterocycles. The van der Waals surface area contributed by atoms with Crippen molar-refractivity contribution >= 4 is 0 Å². The van der Waals surface area contributed by atoms with Crippen molar-refractivity contribution in [1.29, 1.82) is 0 Å². The monoisotopic (exact) mass is 263 g/mol. The van der Waals surface area contributed by atoms with Crippen LogP contribution in [0.5, 0.6) is 0 Å². The molecule has 106 valence electrons. The molecule has 1 fully saturated rings. The van der Waals surface area contributed by atoms with Gasteiger partial charge in [0.2, 0.25) is 0 Å². The highest BCUT2D eigenvalue weighted by Gasteiger charge is 2.63. The molecule has 0 aromatic heterocycles. The van der Waals surface area contributed by atoms with Crippen LogP contribution in [0.4, 0.5) is 4.39 Å². The van der Waals surface area contributed by atoms with Crippen LogP contribution in [0.2, 0.25) is 0 Å². The van der Waals surface area contributed by atoms with Crippen LogP contribution in [0.3, 0.4) is 0 Å². The van der Waals surface area contributed by atoms with E-state index >= 15 is 0 Å². The summed E-state index contributed by atoms with van der Waals surface area (Å²) in [5.74, 6) is 0.567. The van der Waals surface area contributed by atoms with Crippen LogP contribution < -0.4 is 5.32 Å². The maximum atomic E-state index is 13.8. The highest BCUT2D eigenvalue weighted by Crippen LogP contribution is 2.68. The fraction of sp³-hybridized carbons (Fsp3) is 0.647. The van der Waals surface area contributed by atoms with E-state index in [1.54, 1.807) is 12.1 Å². The van der Waals surface area contributed by atoms with Crippen molar-refractivity contribution < 1.29 is 4.39 Å². The molecule has 0 amide bonds. The van der Waals surface area contributed by atoms with Gasteiger partial charge in [0.15, 0.2) is 0 Å². The summed E-state index contributed by atoms with van der Waals surface area (Å²) in [4.78, 5) is 0. The van der Waals surface area contributed by atoms with Crippen molar-refractivity contribution in [2.24, 2.45) is 16.7 Å². The van der Waals surface area contributed by atoms with Gasteiger partial charge < -0.3 is 5.32 Å². The molecule has 1 saturated carbocycles. The van der Waals surface area contributed by atoms with Crippen LogP contribution in [0, 0.1) is 22.6 Å². The third kappa shape index (κ3) is 2.43. The van der Waals surface area contributed by atoms with E-state index in [1.807, 2.05) is 12.1 Å². The van der Waals surface area contributed by atoms with E-state index in [1.165, 1.54) is 0 Å². The Bertz CT molecular complexity index is 436. The Morgan fingerprint density at radius 1 is 1.16 bits per heavy atom. The van der Waals surface area contributed by atoms with E-state index in [9.17, 15) is 4.39 Å². The molecule has 0 spiro atoms. The van der Waals surface area contributed by atoms with Gasteiger partial charge in [0.25, 0.3) is 0 Å². The number of benzene rings is 1. The van der Waals surface area contributed by atoms with E-state index in [2.05, 4.69) is 39.9 Å². The summed E-state index contributed by atoms with van der Waals surface area (Å²) in [7, 11) is 0. The minimum Gasteiger partial charge on any atom is -0.310 e. The first-order valence-corrected chi connectivity index (χ1v) is 7.30. The van der Waals surface area contributed by atoms with E-state index < -0.39 is 0 Å². The lowest BCUT2D eigenvalue weighted by atomic mass is 10.0. The van der Waals surface area contributed by atoms with Gasteiger partial charge in [-0.25, -0.2) is 4.39 Å². The zero-order valence-electron chi connectivity index (χ0n) is 12.8. The van der Waals surface area contributed by atoms with Gasteiger partial charge in [-0.2, -0.15) is 0 Å². The molecule has 0 aliphatic heterocycles. The molecule has 0 bridgehead atoms. The summed E-state index contributed by atoms with van der Waals surface area (Å²) in [5.41, 5.74) is 1.56. The summed E-state index contributed by atoms with van der Waals surface area (Å²) in [6, 6.07) is 7.21. The molecule has 1 atom stereocenters. The largest absolute Gasteiger partial charge is 0.310 e. The molecule has 1 aromatic carbocycles. The predicted octanol–water partition coefficient (Wildman–Crippen LogP) is 4.55. The van der Waals surface area contributed by atoms with Gasteiger partial charge in [-0.15, -0.1) is 0 Å². The van der Waals surface area contributed by atoms with Gasteiger partial charge in [-0.05, 0) is 35.8 Å². The molecular weight excluding hydrogens is 237 g/mol. The van der Waals surface area contributed by atoms with Gasteiger partial charge >= 0.3 is 0 Å². The van der Waals surface area contributed by atoms with Gasteiger partial charge in [-0.1, -0.05) is 52.8 Å². The maximum absolute atomic E-state index is 13.8. The van der Waals surface area contributed by atoms with Crippen molar-refractivity contribution in [3.05, 3.63) is 35.6 Å². The second kappa shape index (κ2) is 4.90. The first kappa shape index (κ1) is 14.5. The van der Waals surface area contributed by atoms with Crippen molar-refractivity contribution in [3.8, 4) is 0 Å². The van der Waals surface area contributed by atoms with E-state index in [0.29, 0.717) is 16.7 Å². The SMILES string of the molecule is CCC(NCC1C(C)(C)C1(C)C)c1ccccc1F. The molecule has 1 N–H and O–H groups in total. The Hall–Kier alpha value is -0.890. The zero-order valence-corrected chi connectivity index (χ0v) is 12.8. The Morgan fingerprint density at radius 2 is 1.74 bits per heavy atom. The van der Waals surface area contributed by atoms with Gasteiger partial charge in [0.05, 0.1) is 0 Å². The normalized spacial score (nSPS) is 22.2. The lowest BCUT2D eigenvalue weighted by Gasteiger charge is -2.18. The summed E-state index contributed by atoms with van der Waals surface area (Å²) in [5, 5.41) is 3.56. The molecule has 1 nitrogen and oxygen atoms in total. The van der Waals surface area contributed by atoms with Crippen LogP contribution in [0.15, 0.2) is 24.3 Å². The van der Waals surface area contributed by atoms with Crippen molar-refractivity contribution in [3.63, 3.8) is 0 Å². The molecule has 1 unspecified atom stereocenters. The fourth-order valence-corrected chi connectivity index (χ4v) is 3.34. The quantitative estimate of drug-likeness (QED) is 0.822. The Kier molecular flexibility index (Phi) is 3.74. The minimum atomic E-state index is -0.101. The predicted molar refractivity (Wildman–Crippen MR) is 78.5 cm³/mol. The first-order valence-electron chi connectivity index (χ1n) is 7.30. The number of hydrogen-bond donors (Lipinski definition) is 1. The third-order valence-corrected chi connectivity index (χ3v) is 5.58. The molecule has 19 heavy (non-hydrogen) atoms. The summed E-state index contributed by atoms with van der Waals surface area (Å²) in [6.45, 7) is 12.4. The fourth-order valence-electron chi connectivity index (χ4n) is 3.34. The van der Waals surface area contributed by atoms with Crippen LogP contribution in [0.25, 0.3) is 0 Å². The topological polar surface area (TPSA) is 12.0 Å². The van der Waals surface area contributed by atoms with E-state index in [4.69, 9.17) is 0 Å². The van der Waals surface area contributed by atoms with Crippen LogP contribution in [0.1, 0.15) is 52.6 Å². The number of rotatable bonds is 5. The molecule has 1 aromatic rings. The second-order valence-corrected chi connectivity index (χ2v) is 6.89. The van der Waals surface area contributed by atoms with Crippen molar-refractivity contribution in [2.45, 2.75) is 47.1 Å². The number of nitrogens with one attached hydrogen (secondary N) is 1. The lowest BCUT2D eigenvalue weighted by Crippen LogP contribution is -2.25. The standard InChI is InChI=1S/C17H26FN/c1-6-14(12-9-7-8-10-13(12)18)19-11-15-16(2,3)17(15,4)5/h7-10,14-15,19H,6,11H2,1-5H3. The Morgan fingerprint density at radius 3 is 2.21 bits per heavy atom. The van der Waals surface area contributed by atoms with Crippen LogP contribution in [-0.4, -0.2) is 6.54 Å². The molecule has 1 aliphatic rings. The third-order valence-electron chi connectivity index (χ3n) is 5.58. The number of hydrogen-bond acceptors (Lipinski definition) is 1. The van der Waals surface area contributed by atoms with Crippen molar-refractivity contribution in [1.82, 2.24) is 5.32 Å². The lowest BCUT2D eigenvalue weighted by molar-refractivity contribution is 0.446. The maximum Gasteiger partial charge on any atom is 0.127 e. The second-order valence-electron chi connectivity index (χ2n) is 6.89. The molecule has 2 rings (SSSR count). The highest BCUT2D eigenvalue weighted by molar-refractivity contribution is 5.21. The summed E-state index contributed by atoms with van der Waals surface area (Å²) in [6.07, 6.45) is 0.911. The number of halogens is 1. The molecule has 0 radical (unpaired) electrons. The Balaban J connectivity index is 2.01. The average Bonchev–Trinajstić information content (AvgIpc) is 2.73. The molecule has 1 aliphatic carbocycles. The smallest absolute Gasteiger partial charge is 0.127 e. The van der Waals surface area contributed by atoms with Crippen molar-refractivity contribution in [2.75, 3.05) is 6.54 Å². The summed E-state index contributed by atoms with van der Waals surface area (Å²) < 4.78 is 13.8. The van der Waals surface area contributed by atoms with Gasteiger partial charge in [-0.3, -0.25) is 0 Å². The Labute approximate surface area is 116 Å². The zero-order chi connectivity index (χ0) is 14.3.